The fraction of sp³-hybridized carbons (Fsp3) is 1.00. The molecule has 1 fully saturated rings. The average molecular weight is 267 g/mol. The maximum Gasteiger partial charge on any atom is 0.472 e. The molecule has 1 saturated heterocycles. The van der Waals surface area contributed by atoms with Crippen LogP contribution in [0.5, 0.6) is 0 Å². The summed E-state index contributed by atoms with van der Waals surface area (Å²) in [5, 5.41) is 0. The van der Waals surface area contributed by atoms with E-state index in [2.05, 4.69) is 20.9 Å². The minimum absolute atomic E-state index is 0.188. The van der Waals surface area contributed by atoms with Crippen LogP contribution in [0, 0.1) is 0 Å². The molecule has 1 heterocycles. The van der Waals surface area contributed by atoms with Crippen LogP contribution in [-0.2, 0) is 13.6 Å². The summed E-state index contributed by atoms with van der Waals surface area (Å²) in [5.41, 5.74) is 0. The van der Waals surface area contributed by atoms with Crippen molar-refractivity contribution in [2.75, 3.05) is 32.8 Å². The van der Waals surface area contributed by atoms with Crippen molar-refractivity contribution in [3.05, 3.63) is 0 Å². The Kier molecular flexibility index (Phi) is 10.1. The summed E-state index contributed by atoms with van der Waals surface area (Å²) in [6, 6.07) is 0. The molecule has 1 aliphatic heterocycles. The van der Waals surface area contributed by atoms with E-state index in [0.29, 0.717) is 0 Å². The Hall–Kier alpha value is 0.0700. The highest BCUT2D eigenvalue weighted by molar-refractivity contribution is 7.47. The first-order valence-corrected chi connectivity index (χ1v) is 7.89. The van der Waals surface area contributed by atoms with E-state index in [1.807, 2.05) is 0 Å². The monoisotopic (exact) mass is 267 g/mol. The number of phosphoric ester groups is 1. The van der Waals surface area contributed by atoms with Gasteiger partial charge < -0.3 is 9.79 Å². The molecule has 0 bridgehead atoms. The Morgan fingerprint density at radius 1 is 1.06 bits per heavy atom. The van der Waals surface area contributed by atoms with Crippen LogP contribution in [0.4, 0.5) is 0 Å². The Balaban J connectivity index is 0.000000302. The van der Waals surface area contributed by atoms with Crippen LogP contribution in [-0.4, -0.2) is 42.6 Å². The van der Waals surface area contributed by atoms with Gasteiger partial charge in [-0.25, -0.2) is 4.57 Å². The highest BCUT2D eigenvalue weighted by Crippen LogP contribution is 2.42. The van der Waals surface area contributed by atoms with E-state index in [4.69, 9.17) is 4.89 Å². The molecule has 0 aliphatic carbocycles. The highest BCUT2D eigenvalue weighted by Gasteiger charge is 2.17. The zero-order chi connectivity index (χ0) is 13.1. The molecule has 104 valence electrons. The van der Waals surface area contributed by atoms with Crippen molar-refractivity contribution in [2.45, 2.75) is 40.0 Å². The summed E-state index contributed by atoms with van der Waals surface area (Å²) in [6.07, 6.45) is 4.30. The molecule has 5 nitrogen and oxygen atoms in total. The Labute approximate surface area is 105 Å². The molecule has 0 radical (unpaired) electrons. The Bertz CT molecular complexity index is 210. The van der Waals surface area contributed by atoms with Crippen molar-refractivity contribution >= 4 is 7.82 Å². The first kappa shape index (κ1) is 17.1. The van der Waals surface area contributed by atoms with Crippen LogP contribution in [0.15, 0.2) is 0 Å². The fourth-order valence-corrected chi connectivity index (χ4v) is 2.37. The molecular formula is C11H26NO4P. The van der Waals surface area contributed by atoms with Crippen molar-refractivity contribution in [2.24, 2.45) is 0 Å². The molecule has 0 atom stereocenters. The van der Waals surface area contributed by atoms with Gasteiger partial charge in [0.25, 0.3) is 0 Å². The molecule has 6 heteroatoms. The van der Waals surface area contributed by atoms with E-state index < -0.39 is 7.82 Å². The molecule has 1 aliphatic rings. The van der Waals surface area contributed by atoms with Crippen molar-refractivity contribution in [1.82, 2.24) is 4.90 Å². The standard InChI is InChI=1S/C7H15N.C4H11O4P/c1-2-8-6-4-3-5-7-8;1-3-7-9(5,6)8-4-2/h2-7H2,1H3;3-4H2,1-2H3,(H,5,6). The Morgan fingerprint density at radius 2 is 1.53 bits per heavy atom. The van der Waals surface area contributed by atoms with Gasteiger partial charge in [0.2, 0.25) is 0 Å². The van der Waals surface area contributed by atoms with E-state index in [0.717, 1.165) is 0 Å². The van der Waals surface area contributed by atoms with Crippen molar-refractivity contribution in [3.8, 4) is 0 Å². The second-order valence-corrected chi connectivity index (χ2v) is 5.25. The quantitative estimate of drug-likeness (QED) is 0.776. The maximum absolute atomic E-state index is 10.5. The average Bonchev–Trinajstić information content (AvgIpc) is 2.31. The van der Waals surface area contributed by atoms with E-state index >= 15 is 0 Å². The molecule has 0 aromatic rings. The van der Waals surface area contributed by atoms with Crippen LogP contribution >= 0.6 is 7.82 Å². The predicted octanol–water partition coefficient (Wildman–Crippen LogP) is 2.65. The van der Waals surface area contributed by atoms with Crippen molar-refractivity contribution < 1.29 is 18.5 Å². The zero-order valence-corrected chi connectivity index (χ0v) is 12.1. The van der Waals surface area contributed by atoms with Gasteiger partial charge in [-0.05, 0) is 46.3 Å². The molecule has 0 aromatic carbocycles. The van der Waals surface area contributed by atoms with Gasteiger partial charge in [-0.1, -0.05) is 13.3 Å². The molecule has 17 heavy (non-hydrogen) atoms. The molecular weight excluding hydrogens is 241 g/mol. The first-order valence-electron chi connectivity index (χ1n) is 6.40. The number of nitrogens with zero attached hydrogens (tertiary/aromatic N) is 1. The number of likely N-dealkylation sites (tertiary alicyclic amines) is 1. The third-order valence-electron chi connectivity index (χ3n) is 2.48. The van der Waals surface area contributed by atoms with Gasteiger partial charge in [0.05, 0.1) is 13.2 Å². The van der Waals surface area contributed by atoms with Crippen LogP contribution in [0.1, 0.15) is 40.0 Å². The summed E-state index contributed by atoms with van der Waals surface area (Å²) in [6.45, 7) is 9.81. The van der Waals surface area contributed by atoms with Crippen LogP contribution in [0.25, 0.3) is 0 Å². The number of hydrogen-bond acceptors (Lipinski definition) is 4. The second-order valence-electron chi connectivity index (χ2n) is 3.80. The van der Waals surface area contributed by atoms with Gasteiger partial charge in [-0.3, -0.25) is 9.05 Å². The second kappa shape index (κ2) is 10.0. The smallest absolute Gasteiger partial charge is 0.304 e. The van der Waals surface area contributed by atoms with Crippen LogP contribution in [0.2, 0.25) is 0 Å². The molecule has 0 amide bonds. The Morgan fingerprint density at radius 3 is 1.82 bits per heavy atom. The fourth-order valence-electron chi connectivity index (χ4n) is 1.64. The lowest BCUT2D eigenvalue weighted by Crippen LogP contribution is -2.29. The van der Waals surface area contributed by atoms with Gasteiger partial charge in [-0.2, -0.15) is 0 Å². The number of piperidine rings is 1. The normalized spacial score (nSPS) is 17.4. The van der Waals surface area contributed by atoms with E-state index in [-0.39, 0.29) is 13.2 Å². The van der Waals surface area contributed by atoms with Gasteiger partial charge in [0, 0.05) is 0 Å². The van der Waals surface area contributed by atoms with Gasteiger partial charge in [0.15, 0.2) is 0 Å². The molecule has 0 unspecified atom stereocenters. The third kappa shape index (κ3) is 9.74. The summed E-state index contributed by atoms with van der Waals surface area (Å²) in [4.78, 5) is 11.1. The van der Waals surface area contributed by atoms with Gasteiger partial charge in [-0.15, -0.1) is 0 Å². The number of hydrogen-bond donors (Lipinski definition) is 1. The maximum atomic E-state index is 10.5. The van der Waals surface area contributed by atoms with Gasteiger partial charge >= 0.3 is 7.82 Å². The van der Waals surface area contributed by atoms with Crippen molar-refractivity contribution in [3.63, 3.8) is 0 Å². The molecule has 1 N–H and O–H groups in total. The summed E-state index contributed by atoms with van der Waals surface area (Å²) in [5.74, 6) is 0. The summed E-state index contributed by atoms with van der Waals surface area (Å²) in [7, 11) is -3.69. The topological polar surface area (TPSA) is 59.0 Å². The zero-order valence-electron chi connectivity index (χ0n) is 11.2. The SMILES string of the molecule is CCN1CCCCC1.CCOP(=O)(O)OCC. The van der Waals surface area contributed by atoms with Crippen LogP contribution in [0.3, 0.4) is 0 Å². The lowest BCUT2D eigenvalue weighted by atomic mass is 10.1. The molecule has 1 rings (SSSR count). The predicted molar refractivity (Wildman–Crippen MR) is 69.0 cm³/mol. The highest BCUT2D eigenvalue weighted by atomic mass is 31.2. The molecule has 0 aromatic heterocycles. The minimum Gasteiger partial charge on any atom is -0.304 e. The lowest BCUT2D eigenvalue weighted by molar-refractivity contribution is 0.161. The van der Waals surface area contributed by atoms with Crippen molar-refractivity contribution in [1.29, 1.82) is 0 Å². The summed E-state index contributed by atoms with van der Waals surface area (Å²) < 4.78 is 19.2. The van der Waals surface area contributed by atoms with Gasteiger partial charge in [0.1, 0.15) is 0 Å². The van der Waals surface area contributed by atoms with Crippen LogP contribution < -0.4 is 0 Å². The summed E-state index contributed by atoms with van der Waals surface area (Å²) >= 11 is 0. The van der Waals surface area contributed by atoms with E-state index in [1.54, 1.807) is 13.8 Å². The minimum atomic E-state index is -3.69. The largest absolute Gasteiger partial charge is 0.472 e. The number of phosphoric acid groups is 1. The first-order chi connectivity index (χ1) is 8.05. The number of rotatable bonds is 5. The molecule has 0 spiro atoms. The van der Waals surface area contributed by atoms with E-state index in [1.165, 1.54) is 38.9 Å². The lowest BCUT2D eigenvalue weighted by Gasteiger charge is -2.24. The third-order valence-corrected chi connectivity index (χ3v) is 3.65. The van der Waals surface area contributed by atoms with E-state index in [9.17, 15) is 4.57 Å². The molecule has 0 saturated carbocycles.